The van der Waals surface area contributed by atoms with Crippen LogP contribution >= 0.6 is 0 Å². The number of dihydropyridines is 1. The fraction of sp³-hybridized carbons (Fsp3) is 0.0175. The zero-order valence-corrected chi connectivity index (χ0v) is 34.0. The Labute approximate surface area is 363 Å². The summed E-state index contributed by atoms with van der Waals surface area (Å²) in [5.74, 6) is 0. The van der Waals surface area contributed by atoms with Crippen LogP contribution in [0.5, 0.6) is 0 Å². The lowest BCUT2D eigenvalue weighted by atomic mass is 9.93. The predicted molar refractivity (Wildman–Crippen MR) is 258 cm³/mol. The van der Waals surface area contributed by atoms with Gasteiger partial charge in [-0.3, -0.25) is 15.0 Å². The quantitative estimate of drug-likeness (QED) is 0.162. The Balaban J connectivity index is 1.08. The summed E-state index contributed by atoms with van der Waals surface area (Å²) in [5.41, 5.74) is 20.6. The number of hydrogen-bond donors (Lipinski definition) is 1. The van der Waals surface area contributed by atoms with Crippen molar-refractivity contribution >= 4 is 60.6 Å². The van der Waals surface area contributed by atoms with Crippen LogP contribution in [0.4, 0.5) is 0 Å². The Kier molecular flexibility index (Phi) is 8.73. The Morgan fingerprint density at radius 1 is 0.492 bits per heavy atom. The Hall–Kier alpha value is -8.57. The molecular weight excluding hydrogens is 771 g/mol. The van der Waals surface area contributed by atoms with Crippen molar-refractivity contribution < 1.29 is 4.42 Å². The lowest BCUT2D eigenvalue weighted by molar-refractivity contribution is 0.669. The van der Waals surface area contributed by atoms with Crippen LogP contribution in [-0.4, -0.2) is 26.1 Å². The van der Waals surface area contributed by atoms with Gasteiger partial charge in [0.25, 0.3) is 0 Å². The molecule has 0 bridgehead atoms. The van der Waals surface area contributed by atoms with Crippen molar-refractivity contribution in [2.24, 2.45) is 0 Å². The molecule has 1 aliphatic heterocycles. The van der Waals surface area contributed by atoms with E-state index in [0.717, 1.165) is 112 Å². The van der Waals surface area contributed by atoms with Gasteiger partial charge in [-0.05, 0) is 144 Å². The van der Waals surface area contributed by atoms with Gasteiger partial charge in [-0.25, -0.2) is 0 Å². The largest absolute Gasteiger partial charge is 0.456 e. The fourth-order valence-corrected chi connectivity index (χ4v) is 9.16. The van der Waals surface area contributed by atoms with E-state index in [1.165, 1.54) is 11.1 Å². The third-order valence-electron chi connectivity index (χ3n) is 12.1. The SMILES string of the molecule is C1=CC=C(c2ccc3c(c2)c2cc(-c4ccccc4C4=CC=CCN4)ccc2n3-c2ccc3oc4cc(-c5ccccn5)c(-c5ccccn5)cc4c3c2)C(c2ccccn2)=CC=1. The number of nitrogens with zero attached hydrogens (tertiary/aromatic N) is 4. The topological polar surface area (TPSA) is 68.8 Å². The molecule has 0 saturated heterocycles. The molecular formula is C57H37N5O. The predicted octanol–water partition coefficient (Wildman–Crippen LogP) is 13.6. The molecule has 2 aliphatic rings. The number of rotatable bonds is 7. The zero-order chi connectivity index (χ0) is 41.7. The number of benzene rings is 5. The molecule has 63 heavy (non-hydrogen) atoms. The number of hydrogen-bond acceptors (Lipinski definition) is 5. The van der Waals surface area contributed by atoms with Gasteiger partial charge in [-0.15, -0.1) is 5.73 Å². The average molecular weight is 808 g/mol. The van der Waals surface area contributed by atoms with Crippen LogP contribution < -0.4 is 5.32 Å². The third kappa shape index (κ3) is 6.33. The highest BCUT2D eigenvalue weighted by molar-refractivity contribution is 6.15. The van der Waals surface area contributed by atoms with Crippen molar-refractivity contribution in [3.8, 4) is 39.3 Å². The summed E-state index contributed by atoms with van der Waals surface area (Å²) in [5, 5.41) is 7.94. The summed E-state index contributed by atoms with van der Waals surface area (Å²) < 4.78 is 9.01. The average Bonchev–Trinajstić information content (AvgIpc) is 3.76. The standard InChI is InChI=1S/C57H37N5O/c1-2-14-40(42(16-3-1)50-18-6-10-28-58-50)37-22-25-54-46(32-37)47-33-38(41-15-4-5-17-43(41)51-19-7-11-29-59-51)23-26-55(47)62(54)39-24-27-56-48(34-39)49-35-44(52-20-8-12-30-60-52)45(36-57(49)63-56)53-21-9-13-31-61-53/h2-28,30-36,59H,29H2. The van der Waals surface area contributed by atoms with Crippen LogP contribution in [0.15, 0.2) is 217 Å². The first kappa shape index (κ1) is 36.3. The lowest BCUT2D eigenvalue weighted by Crippen LogP contribution is -2.14. The maximum atomic E-state index is 6.62. The van der Waals surface area contributed by atoms with Gasteiger partial charge in [0.05, 0.1) is 28.1 Å². The molecule has 0 radical (unpaired) electrons. The maximum absolute atomic E-state index is 6.62. The van der Waals surface area contributed by atoms with E-state index in [2.05, 4.69) is 143 Å². The molecule has 296 valence electrons. The molecule has 0 atom stereocenters. The summed E-state index contributed by atoms with van der Waals surface area (Å²) >= 11 is 0. The van der Waals surface area contributed by atoms with E-state index in [1.54, 1.807) is 0 Å². The molecule has 5 aromatic heterocycles. The molecule has 10 aromatic rings. The first-order valence-corrected chi connectivity index (χ1v) is 21.1. The van der Waals surface area contributed by atoms with Crippen LogP contribution in [0.25, 0.3) is 99.9 Å². The minimum absolute atomic E-state index is 0.799. The first-order chi connectivity index (χ1) is 31.2. The lowest BCUT2D eigenvalue weighted by Gasteiger charge is -2.16. The van der Waals surface area contributed by atoms with Crippen LogP contribution in [-0.2, 0) is 0 Å². The summed E-state index contributed by atoms with van der Waals surface area (Å²) in [6.45, 7) is 0.803. The number of aromatic nitrogens is 4. The van der Waals surface area contributed by atoms with Crippen molar-refractivity contribution in [3.05, 3.63) is 229 Å². The van der Waals surface area contributed by atoms with Crippen molar-refractivity contribution in [2.45, 2.75) is 0 Å². The molecule has 1 aliphatic carbocycles. The second kappa shape index (κ2) is 15.2. The number of allylic oxidation sites excluding steroid dienone is 7. The second-order valence-electron chi connectivity index (χ2n) is 15.7. The van der Waals surface area contributed by atoms with E-state index in [9.17, 15) is 0 Å². The molecule has 1 N–H and O–H groups in total. The second-order valence-corrected chi connectivity index (χ2v) is 15.7. The van der Waals surface area contributed by atoms with Crippen molar-refractivity contribution in [3.63, 3.8) is 0 Å². The van der Waals surface area contributed by atoms with E-state index >= 15 is 0 Å². The van der Waals surface area contributed by atoms with Crippen molar-refractivity contribution in [1.29, 1.82) is 0 Å². The van der Waals surface area contributed by atoms with Crippen molar-refractivity contribution in [1.82, 2.24) is 24.8 Å². The van der Waals surface area contributed by atoms with Crippen LogP contribution in [0, 0.1) is 0 Å². The molecule has 6 heterocycles. The van der Waals surface area contributed by atoms with Crippen LogP contribution in [0.2, 0.25) is 0 Å². The van der Waals surface area contributed by atoms with Gasteiger partial charge in [0, 0.05) is 80.3 Å². The zero-order valence-electron chi connectivity index (χ0n) is 34.0. The van der Waals surface area contributed by atoms with E-state index in [0.29, 0.717) is 0 Å². The van der Waals surface area contributed by atoms with E-state index in [-0.39, 0.29) is 0 Å². The van der Waals surface area contributed by atoms with E-state index in [4.69, 9.17) is 19.4 Å². The highest BCUT2D eigenvalue weighted by atomic mass is 16.3. The van der Waals surface area contributed by atoms with Crippen LogP contribution in [0.1, 0.15) is 16.8 Å². The number of nitrogens with one attached hydrogen (secondary N) is 1. The highest BCUT2D eigenvalue weighted by Crippen LogP contribution is 2.43. The Morgan fingerprint density at radius 3 is 1.83 bits per heavy atom. The molecule has 0 saturated carbocycles. The van der Waals surface area contributed by atoms with Crippen LogP contribution in [0.3, 0.4) is 0 Å². The summed E-state index contributed by atoms with van der Waals surface area (Å²) in [7, 11) is 0. The van der Waals surface area contributed by atoms with Gasteiger partial charge in [0.15, 0.2) is 0 Å². The summed E-state index contributed by atoms with van der Waals surface area (Å²) in [4.78, 5) is 14.2. The van der Waals surface area contributed by atoms with Crippen molar-refractivity contribution in [2.75, 3.05) is 6.54 Å². The molecule has 0 fully saturated rings. The van der Waals surface area contributed by atoms with Gasteiger partial charge in [0.1, 0.15) is 11.2 Å². The molecule has 5 aromatic carbocycles. The number of furan rings is 1. The third-order valence-corrected chi connectivity index (χ3v) is 12.1. The molecule has 12 rings (SSSR count). The molecule has 0 spiro atoms. The number of fused-ring (bicyclic) bond motifs is 6. The maximum Gasteiger partial charge on any atom is 0.136 e. The normalized spacial score (nSPS) is 13.6. The minimum atomic E-state index is 0.799. The number of pyridine rings is 3. The van der Waals surface area contributed by atoms with Gasteiger partial charge in [-0.2, -0.15) is 0 Å². The monoisotopic (exact) mass is 807 g/mol. The highest BCUT2D eigenvalue weighted by Gasteiger charge is 2.21. The smallest absolute Gasteiger partial charge is 0.136 e. The van der Waals surface area contributed by atoms with E-state index in [1.807, 2.05) is 79.3 Å². The first-order valence-electron chi connectivity index (χ1n) is 21.1. The van der Waals surface area contributed by atoms with E-state index < -0.39 is 0 Å². The van der Waals surface area contributed by atoms with Gasteiger partial charge < -0.3 is 14.3 Å². The summed E-state index contributed by atoms with van der Waals surface area (Å²) in [6, 6.07) is 51.3. The molecule has 0 amide bonds. The molecule has 6 nitrogen and oxygen atoms in total. The van der Waals surface area contributed by atoms with Gasteiger partial charge in [0.2, 0.25) is 0 Å². The summed E-state index contributed by atoms with van der Waals surface area (Å²) in [6.07, 6.45) is 20.1. The van der Waals surface area contributed by atoms with Gasteiger partial charge >= 0.3 is 0 Å². The molecule has 6 heteroatoms. The minimum Gasteiger partial charge on any atom is -0.456 e. The fourth-order valence-electron chi connectivity index (χ4n) is 9.16. The van der Waals surface area contributed by atoms with Gasteiger partial charge in [-0.1, -0.05) is 66.7 Å². The Bertz CT molecular complexity index is 3640. The Morgan fingerprint density at radius 2 is 1.13 bits per heavy atom. The molecule has 0 unspecified atom stereocenters.